The molecule has 0 aliphatic rings. The Bertz CT molecular complexity index is 745. The van der Waals surface area contributed by atoms with Crippen LogP contribution < -0.4 is 10.6 Å². The highest BCUT2D eigenvalue weighted by atomic mass is 32.2. The molecule has 25 heavy (non-hydrogen) atoms. The van der Waals surface area contributed by atoms with Crippen molar-refractivity contribution < 1.29 is 27.5 Å². The summed E-state index contributed by atoms with van der Waals surface area (Å²) in [5, 5.41) is 4.55. The van der Waals surface area contributed by atoms with Crippen molar-refractivity contribution in [3.05, 3.63) is 29.8 Å². The van der Waals surface area contributed by atoms with E-state index in [9.17, 15) is 22.8 Å². The summed E-state index contributed by atoms with van der Waals surface area (Å²) in [7, 11) is -3.61. The summed E-state index contributed by atoms with van der Waals surface area (Å²) in [5.41, 5.74) is -0.152. The molecule has 0 saturated heterocycles. The summed E-state index contributed by atoms with van der Waals surface area (Å²) in [6, 6.07) is 4.79. The maximum Gasteiger partial charge on any atom is 0.339 e. The number of sulfone groups is 1. The van der Waals surface area contributed by atoms with Gasteiger partial charge in [-0.3, -0.25) is 10.1 Å². The zero-order valence-electron chi connectivity index (χ0n) is 14.4. The van der Waals surface area contributed by atoms with Crippen LogP contribution in [0.15, 0.2) is 29.2 Å². The quantitative estimate of drug-likeness (QED) is 0.698. The molecule has 0 fully saturated rings. The molecular formula is C16H22N2O6S. The number of ether oxygens (including phenoxy) is 1. The summed E-state index contributed by atoms with van der Waals surface area (Å²) in [6.45, 7) is 4.40. The third kappa shape index (κ3) is 6.18. The maximum atomic E-state index is 12.1. The number of hydrogen-bond donors (Lipinski definition) is 2. The van der Waals surface area contributed by atoms with E-state index in [2.05, 4.69) is 5.32 Å². The zero-order valence-corrected chi connectivity index (χ0v) is 15.2. The Kier molecular flexibility index (Phi) is 7.56. The molecule has 1 aromatic carbocycles. The molecule has 9 heteroatoms. The lowest BCUT2D eigenvalue weighted by Crippen LogP contribution is -2.44. The lowest BCUT2D eigenvalue weighted by atomic mass is 10.2. The minimum absolute atomic E-state index is 0.110. The number of rotatable bonds is 7. The van der Waals surface area contributed by atoms with E-state index in [1.165, 1.54) is 31.2 Å². The van der Waals surface area contributed by atoms with Gasteiger partial charge in [0.1, 0.15) is 0 Å². The highest BCUT2D eigenvalue weighted by Gasteiger charge is 2.22. The number of hydrogen-bond acceptors (Lipinski definition) is 6. The number of carbonyl (C=O) groups is 3. The van der Waals surface area contributed by atoms with Crippen LogP contribution in [0.5, 0.6) is 0 Å². The van der Waals surface area contributed by atoms with Crippen molar-refractivity contribution in [2.45, 2.75) is 38.1 Å². The van der Waals surface area contributed by atoms with Gasteiger partial charge in [-0.05, 0) is 25.5 Å². The summed E-state index contributed by atoms with van der Waals surface area (Å²) in [6.07, 6.45) is 0.694. The molecule has 0 unspecified atom stereocenters. The SMILES string of the molecule is CC[C@@H](C)NC(=O)NC(=O)COC(=O)c1ccccc1S(=O)(=O)CC. The molecule has 8 nitrogen and oxygen atoms in total. The van der Waals surface area contributed by atoms with Gasteiger partial charge in [0.25, 0.3) is 5.91 Å². The van der Waals surface area contributed by atoms with Gasteiger partial charge in [-0.25, -0.2) is 18.0 Å². The Balaban J connectivity index is 2.70. The minimum atomic E-state index is -3.61. The van der Waals surface area contributed by atoms with Gasteiger partial charge in [-0.15, -0.1) is 0 Å². The van der Waals surface area contributed by atoms with Gasteiger partial charge < -0.3 is 10.1 Å². The molecule has 1 atom stereocenters. The fourth-order valence-electron chi connectivity index (χ4n) is 1.80. The number of imide groups is 1. The van der Waals surface area contributed by atoms with E-state index in [1.54, 1.807) is 6.92 Å². The lowest BCUT2D eigenvalue weighted by molar-refractivity contribution is -0.123. The lowest BCUT2D eigenvalue weighted by Gasteiger charge is -2.12. The first-order chi connectivity index (χ1) is 11.7. The van der Waals surface area contributed by atoms with Crippen LogP contribution in [0.3, 0.4) is 0 Å². The molecule has 1 rings (SSSR count). The Morgan fingerprint density at radius 1 is 1.16 bits per heavy atom. The number of nitrogens with one attached hydrogen (secondary N) is 2. The Morgan fingerprint density at radius 3 is 2.40 bits per heavy atom. The first-order valence-corrected chi connectivity index (χ1v) is 9.45. The number of urea groups is 1. The first kappa shape index (κ1) is 20.6. The van der Waals surface area contributed by atoms with Crippen LogP contribution in [0.25, 0.3) is 0 Å². The van der Waals surface area contributed by atoms with Gasteiger partial charge in [-0.1, -0.05) is 26.0 Å². The van der Waals surface area contributed by atoms with Crippen LogP contribution in [0.4, 0.5) is 4.79 Å². The van der Waals surface area contributed by atoms with Crippen LogP contribution in [0.1, 0.15) is 37.6 Å². The molecule has 0 aliphatic heterocycles. The number of carbonyl (C=O) groups excluding carboxylic acids is 3. The first-order valence-electron chi connectivity index (χ1n) is 7.80. The molecule has 1 aromatic rings. The average molecular weight is 370 g/mol. The number of benzene rings is 1. The molecule has 0 saturated carbocycles. The van der Waals surface area contributed by atoms with Gasteiger partial charge in [0.2, 0.25) is 0 Å². The largest absolute Gasteiger partial charge is 0.452 e. The summed E-state index contributed by atoms with van der Waals surface area (Å²) in [5.74, 6) is -1.94. The van der Waals surface area contributed by atoms with Gasteiger partial charge in [0.05, 0.1) is 16.2 Å². The highest BCUT2D eigenvalue weighted by Crippen LogP contribution is 2.17. The van der Waals surface area contributed by atoms with Gasteiger partial charge in [0.15, 0.2) is 16.4 Å². The molecule has 0 heterocycles. The highest BCUT2D eigenvalue weighted by molar-refractivity contribution is 7.91. The second kappa shape index (κ2) is 9.16. The summed E-state index contributed by atoms with van der Waals surface area (Å²) >= 11 is 0. The molecule has 3 amide bonds. The van der Waals surface area contributed by atoms with Crippen molar-refractivity contribution in [3.8, 4) is 0 Å². The van der Waals surface area contributed by atoms with Crippen LogP contribution in [0.2, 0.25) is 0 Å². The van der Waals surface area contributed by atoms with Crippen molar-refractivity contribution in [1.82, 2.24) is 10.6 Å². The van der Waals surface area contributed by atoms with E-state index in [0.29, 0.717) is 6.42 Å². The third-order valence-electron chi connectivity index (χ3n) is 3.40. The second-order valence-electron chi connectivity index (χ2n) is 5.31. The average Bonchev–Trinajstić information content (AvgIpc) is 2.59. The van der Waals surface area contributed by atoms with E-state index in [0.717, 1.165) is 0 Å². The summed E-state index contributed by atoms with van der Waals surface area (Å²) in [4.78, 5) is 35.0. The molecule has 0 radical (unpaired) electrons. The van der Waals surface area contributed by atoms with Crippen LogP contribution >= 0.6 is 0 Å². The van der Waals surface area contributed by atoms with Crippen molar-refractivity contribution in [1.29, 1.82) is 0 Å². The van der Waals surface area contributed by atoms with E-state index < -0.39 is 34.4 Å². The van der Waals surface area contributed by atoms with Gasteiger partial charge in [-0.2, -0.15) is 0 Å². The second-order valence-corrected chi connectivity index (χ2v) is 7.55. The predicted octanol–water partition coefficient (Wildman–Crippen LogP) is 1.26. The zero-order chi connectivity index (χ0) is 19.0. The molecule has 2 N–H and O–H groups in total. The van der Waals surface area contributed by atoms with Crippen molar-refractivity contribution in [2.75, 3.05) is 12.4 Å². The minimum Gasteiger partial charge on any atom is -0.452 e. The molecule has 0 bridgehead atoms. The molecule has 0 aliphatic carbocycles. The Labute approximate surface area is 146 Å². The van der Waals surface area contributed by atoms with E-state index in [4.69, 9.17) is 4.74 Å². The van der Waals surface area contributed by atoms with Crippen LogP contribution in [-0.2, 0) is 19.4 Å². The monoisotopic (exact) mass is 370 g/mol. The fraction of sp³-hybridized carbons (Fsp3) is 0.438. The molecule has 0 aromatic heterocycles. The van der Waals surface area contributed by atoms with E-state index in [1.807, 2.05) is 12.2 Å². The fourth-order valence-corrected chi connectivity index (χ4v) is 2.88. The van der Waals surface area contributed by atoms with E-state index in [-0.39, 0.29) is 22.3 Å². The third-order valence-corrected chi connectivity index (χ3v) is 5.19. The normalized spacial score (nSPS) is 12.1. The Hall–Kier alpha value is -2.42. The van der Waals surface area contributed by atoms with E-state index >= 15 is 0 Å². The predicted molar refractivity (Wildman–Crippen MR) is 90.9 cm³/mol. The molecular weight excluding hydrogens is 348 g/mol. The maximum absolute atomic E-state index is 12.1. The standard InChI is InChI=1S/C16H22N2O6S/c1-4-11(3)17-16(21)18-14(19)10-24-15(20)12-8-6-7-9-13(12)25(22,23)5-2/h6-9,11H,4-5,10H2,1-3H3,(H2,17,18,19,21)/t11-/m1/s1. The van der Waals surface area contributed by atoms with Gasteiger partial charge in [0, 0.05) is 6.04 Å². The Morgan fingerprint density at radius 2 is 1.80 bits per heavy atom. The molecule has 138 valence electrons. The molecule has 0 spiro atoms. The van der Waals surface area contributed by atoms with Crippen molar-refractivity contribution in [3.63, 3.8) is 0 Å². The van der Waals surface area contributed by atoms with Crippen LogP contribution in [-0.4, -0.2) is 44.7 Å². The topological polar surface area (TPSA) is 119 Å². The smallest absolute Gasteiger partial charge is 0.339 e. The van der Waals surface area contributed by atoms with Crippen molar-refractivity contribution >= 4 is 27.7 Å². The van der Waals surface area contributed by atoms with Gasteiger partial charge >= 0.3 is 12.0 Å². The van der Waals surface area contributed by atoms with Crippen molar-refractivity contribution in [2.24, 2.45) is 0 Å². The van der Waals surface area contributed by atoms with Crippen LogP contribution in [0, 0.1) is 0 Å². The summed E-state index contributed by atoms with van der Waals surface area (Å²) < 4.78 is 28.8. The number of amides is 3. The number of esters is 1.